The Kier molecular flexibility index (Phi) is 3.92. The fraction of sp³-hybridized carbons (Fsp3) is 0.545. The number of methoxy groups -OCH3 is 1. The molecule has 1 unspecified atom stereocenters. The highest BCUT2D eigenvalue weighted by atomic mass is 35.5. The first-order valence-corrected chi connectivity index (χ1v) is 6.22. The summed E-state index contributed by atoms with van der Waals surface area (Å²) < 4.78 is 10.2. The lowest BCUT2D eigenvalue weighted by atomic mass is 10.2. The van der Waals surface area contributed by atoms with E-state index >= 15 is 0 Å². The third-order valence-corrected chi connectivity index (χ3v) is 3.14. The summed E-state index contributed by atoms with van der Waals surface area (Å²) in [6, 6.07) is 0. The van der Waals surface area contributed by atoms with Crippen molar-refractivity contribution >= 4 is 29.2 Å². The molecular formula is C11H12Cl2N2O3. The monoisotopic (exact) mass is 290 g/mol. The Morgan fingerprint density at radius 2 is 1.89 bits per heavy atom. The highest BCUT2D eigenvalue weighted by molar-refractivity contribution is 6.35. The highest BCUT2D eigenvalue weighted by Gasteiger charge is 2.40. The van der Waals surface area contributed by atoms with Gasteiger partial charge in [-0.05, 0) is 19.8 Å². The molecule has 0 bridgehead atoms. The van der Waals surface area contributed by atoms with Crippen molar-refractivity contribution < 1.29 is 14.3 Å². The molecule has 0 aromatic carbocycles. The fourth-order valence-electron chi connectivity index (χ4n) is 1.57. The molecule has 0 amide bonds. The molecular weight excluding hydrogens is 279 g/mol. The molecule has 5 nitrogen and oxygen atoms in total. The highest BCUT2D eigenvalue weighted by Crippen LogP contribution is 2.38. The molecule has 1 aliphatic carbocycles. The van der Waals surface area contributed by atoms with Crippen LogP contribution in [0.15, 0.2) is 0 Å². The van der Waals surface area contributed by atoms with Crippen LogP contribution in [0.1, 0.15) is 18.7 Å². The summed E-state index contributed by atoms with van der Waals surface area (Å²) in [7, 11) is 1.32. The van der Waals surface area contributed by atoms with Crippen LogP contribution in [0.4, 0.5) is 0 Å². The van der Waals surface area contributed by atoms with Crippen LogP contribution in [0, 0.1) is 12.8 Å². The molecule has 98 valence electrons. The quantitative estimate of drug-likeness (QED) is 0.629. The molecule has 0 radical (unpaired) electrons. The first-order valence-electron chi connectivity index (χ1n) is 5.47. The zero-order valence-electron chi connectivity index (χ0n) is 9.94. The van der Waals surface area contributed by atoms with Crippen LogP contribution >= 0.6 is 23.2 Å². The molecule has 0 aliphatic heterocycles. The zero-order chi connectivity index (χ0) is 13.3. The second-order valence-corrected chi connectivity index (χ2v) is 4.80. The maximum Gasteiger partial charge on any atom is 0.347 e. The number of carbonyl (C=O) groups excluding carboxylic acids is 1. The summed E-state index contributed by atoms with van der Waals surface area (Å²) >= 11 is 11.9. The van der Waals surface area contributed by atoms with Crippen LogP contribution < -0.4 is 4.74 Å². The van der Waals surface area contributed by atoms with Gasteiger partial charge >= 0.3 is 5.97 Å². The van der Waals surface area contributed by atoms with E-state index in [1.165, 1.54) is 7.11 Å². The summed E-state index contributed by atoms with van der Waals surface area (Å²) in [5, 5.41) is 0.198. The summed E-state index contributed by atoms with van der Waals surface area (Å²) in [6.07, 6.45) is 1.14. The lowest BCUT2D eigenvalue weighted by Crippen LogP contribution is -2.31. The van der Waals surface area contributed by atoms with Gasteiger partial charge in [-0.25, -0.2) is 14.8 Å². The molecule has 18 heavy (non-hydrogen) atoms. The van der Waals surface area contributed by atoms with Crippen LogP contribution in [-0.4, -0.2) is 29.2 Å². The van der Waals surface area contributed by atoms with Crippen LogP contribution in [0.2, 0.25) is 10.3 Å². The third kappa shape index (κ3) is 2.84. The molecule has 1 saturated carbocycles. The minimum absolute atomic E-state index is 0.0991. The fourth-order valence-corrected chi connectivity index (χ4v) is 2.13. The number of hydrogen-bond acceptors (Lipinski definition) is 5. The normalized spacial score (nSPS) is 16.2. The van der Waals surface area contributed by atoms with Crippen molar-refractivity contribution in [2.24, 2.45) is 5.92 Å². The van der Waals surface area contributed by atoms with Crippen molar-refractivity contribution in [2.45, 2.75) is 25.9 Å². The van der Waals surface area contributed by atoms with Crippen molar-refractivity contribution in [3.05, 3.63) is 16.1 Å². The molecule has 0 saturated heterocycles. The van der Waals surface area contributed by atoms with Gasteiger partial charge in [-0.15, -0.1) is 0 Å². The van der Waals surface area contributed by atoms with Gasteiger partial charge in [0.2, 0.25) is 0 Å². The van der Waals surface area contributed by atoms with E-state index in [0.717, 1.165) is 12.8 Å². The Morgan fingerprint density at radius 3 is 2.33 bits per heavy atom. The van der Waals surface area contributed by atoms with Crippen molar-refractivity contribution in [1.82, 2.24) is 9.97 Å². The average molecular weight is 291 g/mol. The maximum atomic E-state index is 11.6. The molecule has 1 fully saturated rings. The first-order chi connectivity index (χ1) is 8.52. The number of hydrogen-bond donors (Lipinski definition) is 0. The van der Waals surface area contributed by atoms with E-state index in [1.54, 1.807) is 6.92 Å². The number of nitrogens with zero attached hydrogens (tertiary/aromatic N) is 2. The van der Waals surface area contributed by atoms with Gasteiger partial charge in [-0.2, -0.15) is 0 Å². The zero-order valence-corrected chi connectivity index (χ0v) is 11.5. The number of carbonyl (C=O) groups is 1. The van der Waals surface area contributed by atoms with Crippen LogP contribution in [0.5, 0.6) is 5.75 Å². The van der Waals surface area contributed by atoms with Gasteiger partial charge in [0.25, 0.3) is 0 Å². The van der Waals surface area contributed by atoms with Crippen molar-refractivity contribution in [2.75, 3.05) is 7.11 Å². The molecule has 1 aromatic rings. The molecule has 1 aromatic heterocycles. The Morgan fingerprint density at radius 1 is 1.33 bits per heavy atom. The largest absolute Gasteiger partial charge is 0.472 e. The van der Waals surface area contributed by atoms with E-state index in [4.69, 9.17) is 32.7 Å². The van der Waals surface area contributed by atoms with E-state index in [-0.39, 0.29) is 22.0 Å². The van der Waals surface area contributed by atoms with Gasteiger partial charge in [-0.3, -0.25) is 0 Å². The molecule has 1 heterocycles. The standard InChI is InChI=1S/C11H12Cl2N2O3/c1-5-14-9(12)8(10(13)15-5)18-7(6-3-4-6)11(16)17-2/h6-7H,3-4H2,1-2H3. The molecule has 7 heteroatoms. The number of rotatable bonds is 4. The minimum atomic E-state index is -0.698. The predicted molar refractivity (Wildman–Crippen MR) is 65.9 cm³/mol. The van der Waals surface area contributed by atoms with Gasteiger partial charge in [0, 0.05) is 5.92 Å². The van der Waals surface area contributed by atoms with Gasteiger partial charge in [0.05, 0.1) is 7.11 Å². The van der Waals surface area contributed by atoms with E-state index in [1.807, 2.05) is 0 Å². The van der Waals surface area contributed by atoms with Crippen molar-refractivity contribution in [3.8, 4) is 5.75 Å². The lowest BCUT2D eigenvalue weighted by molar-refractivity contribution is -0.149. The Bertz CT molecular complexity index is 454. The van der Waals surface area contributed by atoms with Gasteiger partial charge in [0.15, 0.2) is 22.2 Å². The van der Waals surface area contributed by atoms with E-state index in [2.05, 4.69) is 9.97 Å². The number of aryl methyl sites for hydroxylation is 1. The summed E-state index contributed by atoms with van der Waals surface area (Å²) in [5.41, 5.74) is 0. The molecule has 1 atom stereocenters. The van der Waals surface area contributed by atoms with E-state index < -0.39 is 12.1 Å². The predicted octanol–water partition coefficient (Wildman–Crippen LogP) is 2.42. The molecule has 2 rings (SSSR count). The number of esters is 1. The molecule has 0 spiro atoms. The first kappa shape index (κ1) is 13.4. The van der Waals surface area contributed by atoms with Crippen LogP contribution in [0.25, 0.3) is 0 Å². The van der Waals surface area contributed by atoms with Crippen LogP contribution in [0.3, 0.4) is 0 Å². The SMILES string of the molecule is COC(=O)C(Oc1c(Cl)nc(C)nc1Cl)C1CC1. The lowest BCUT2D eigenvalue weighted by Gasteiger charge is -2.17. The number of aromatic nitrogens is 2. The minimum Gasteiger partial charge on any atom is -0.472 e. The molecule has 0 N–H and O–H groups in total. The van der Waals surface area contributed by atoms with E-state index in [0.29, 0.717) is 5.82 Å². The Labute approximate surface area is 114 Å². The third-order valence-electron chi connectivity index (χ3n) is 2.62. The number of halogens is 2. The Hall–Kier alpha value is -1.07. The van der Waals surface area contributed by atoms with Gasteiger partial charge in [-0.1, -0.05) is 23.2 Å². The smallest absolute Gasteiger partial charge is 0.347 e. The summed E-state index contributed by atoms with van der Waals surface area (Å²) in [4.78, 5) is 19.5. The van der Waals surface area contributed by atoms with Gasteiger partial charge in [0.1, 0.15) is 5.82 Å². The van der Waals surface area contributed by atoms with Crippen molar-refractivity contribution in [1.29, 1.82) is 0 Å². The second-order valence-electron chi connectivity index (χ2n) is 4.08. The maximum absolute atomic E-state index is 11.6. The molecule has 1 aliphatic rings. The van der Waals surface area contributed by atoms with Gasteiger partial charge < -0.3 is 9.47 Å². The van der Waals surface area contributed by atoms with Crippen LogP contribution in [-0.2, 0) is 9.53 Å². The van der Waals surface area contributed by atoms with Crippen molar-refractivity contribution in [3.63, 3.8) is 0 Å². The summed E-state index contributed by atoms with van der Waals surface area (Å²) in [6.45, 7) is 1.67. The Balaban J connectivity index is 2.24. The average Bonchev–Trinajstić information content (AvgIpc) is 3.11. The van der Waals surface area contributed by atoms with E-state index in [9.17, 15) is 4.79 Å². The topological polar surface area (TPSA) is 61.3 Å². The second kappa shape index (κ2) is 5.28. The number of ether oxygens (including phenoxy) is 2. The summed E-state index contributed by atoms with van der Waals surface area (Å²) in [5.74, 6) is 0.278.